The molecule has 7 heteroatoms. The van der Waals surface area contributed by atoms with Gasteiger partial charge in [0.1, 0.15) is 0 Å². The lowest BCUT2D eigenvalue weighted by Gasteiger charge is -2.16. The third-order valence-electron chi connectivity index (χ3n) is 3.77. The van der Waals surface area contributed by atoms with Gasteiger partial charge in [-0.15, -0.1) is 5.10 Å². The van der Waals surface area contributed by atoms with Crippen molar-refractivity contribution in [2.75, 3.05) is 0 Å². The zero-order valence-corrected chi connectivity index (χ0v) is 12.3. The lowest BCUT2D eigenvalue weighted by Crippen LogP contribution is -2.18. The molecule has 110 valence electrons. The Morgan fingerprint density at radius 1 is 1.52 bits per heavy atom. The number of tetrazole rings is 1. The van der Waals surface area contributed by atoms with Crippen LogP contribution in [0.3, 0.4) is 0 Å². The Morgan fingerprint density at radius 3 is 2.90 bits per heavy atom. The summed E-state index contributed by atoms with van der Waals surface area (Å²) in [5.74, 6) is 0.102. The smallest absolute Gasteiger partial charge is 0.305 e. The number of hydrogen-bond acceptors (Lipinski definition) is 4. The number of rotatable bonds is 5. The summed E-state index contributed by atoms with van der Waals surface area (Å²) in [6.07, 6.45) is 2.09. The van der Waals surface area contributed by atoms with Crippen LogP contribution in [0.25, 0.3) is 11.4 Å². The van der Waals surface area contributed by atoms with Crippen LogP contribution in [0.2, 0.25) is 5.02 Å². The van der Waals surface area contributed by atoms with Crippen LogP contribution < -0.4 is 0 Å². The number of carboxylic acid groups (broad SMARTS) is 1. The van der Waals surface area contributed by atoms with Crippen molar-refractivity contribution in [3.8, 4) is 11.4 Å². The normalized spacial score (nSPS) is 15.9. The van der Waals surface area contributed by atoms with Gasteiger partial charge in [0.05, 0.1) is 12.5 Å². The minimum Gasteiger partial charge on any atom is -0.481 e. The zero-order valence-electron chi connectivity index (χ0n) is 11.5. The molecule has 3 rings (SSSR count). The molecule has 0 amide bonds. The number of hydrogen-bond donors (Lipinski definition) is 1. The van der Waals surface area contributed by atoms with E-state index in [9.17, 15) is 4.79 Å². The average Bonchev–Trinajstić information content (AvgIpc) is 3.16. The molecule has 21 heavy (non-hydrogen) atoms. The van der Waals surface area contributed by atoms with E-state index in [2.05, 4.69) is 15.5 Å². The zero-order chi connectivity index (χ0) is 15.0. The van der Waals surface area contributed by atoms with Crippen LogP contribution in [-0.4, -0.2) is 31.3 Å². The highest BCUT2D eigenvalue weighted by molar-refractivity contribution is 6.31. The highest BCUT2D eigenvalue weighted by atomic mass is 35.5. The van der Waals surface area contributed by atoms with Gasteiger partial charge >= 0.3 is 5.97 Å². The van der Waals surface area contributed by atoms with Crippen molar-refractivity contribution < 1.29 is 9.90 Å². The minimum absolute atomic E-state index is 0.0370. The van der Waals surface area contributed by atoms with Crippen LogP contribution >= 0.6 is 11.6 Å². The molecule has 0 bridgehead atoms. The molecule has 1 aliphatic carbocycles. The Kier molecular flexibility index (Phi) is 3.63. The minimum atomic E-state index is -0.833. The fourth-order valence-electron chi connectivity index (χ4n) is 2.50. The topological polar surface area (TPSA) is 80.9 Å². The first-order valence-corrected chi connectivity index (χ1v) is 7.20. The molecule has 0 radical (unpaired) electrons. The molecule has 1 aliphatic rings. The molecular weight excluding hydrogens is 292 g/mol. The van der Waals surface area contributed by atoms with Crippen molar-refractivity contribution in [2.24, 2.45) is 5.92 Å². The van der Waals surface area contributed by atoms with E-state index in [0.29, 0.717) is 16.8 Å². The Hall–Kier alpha value is -1.95. The number of carbonyl (C=O) groups is 1. The SMILES string of the molecule is Cc1cc(-c2nnnn2C(CC(=O)O)C2CC2)ccc1Cl. The molecule has 0 saturated heterocycles. The summed E-state index contributed by atoms with van der Waals surface area (Å²) < 4.78 is 1.65. The van der Waals surface area contributed by atoms with E-state index in [4.69, 9.17) is 16.7 Å². The first-order valence-electron chi connectivity index (χ1n) is 6.82. The fourth-order valence-corrected chi connectivity index (χ4v) is 2.62. The van der Waals surface area contributed by atoms with Crippen LogP contribution in [0.4, 0.5) is 0 Å². The van der Waals surface area contributed by atoms with E-state index in [0.717, 1.165) is 24.0 Å². The van der Waals surface area contributed by atoms with Gasteiger partial charge in [-0.3, -0.25) is 4.79 Å². The molecule has 1 fully saturated rings. The van der Waals surface area contributed by atoms with Gasteiger partial charge in [-0.2, -0.15) is 0 Å². The summed E-state index contributed by atoms with van der Waals surface area (Å²) in [6, 6.07) is 5.37. The number of aryl methyl sites for hydroxylation is 1. The largest absolute Gasteiger partial charge is 0.481 e. The maximum absolute atomic E-state index is 11.1. The van der Waals surface area contributed by atoms with Gasteiger partial charge in [-0.25, -0.2) is 4.68 Å². The Bertz CT molecular complexity index is 681. The molecule has 1 atom stereocenters. The number of benzene rings is 1. The second-order valence-electron chi connectivity index (χ2n) is 5.41. The number of nitrogens with zero attached hydrogens (tertiary/aromatic N) is 4. The van der Waals surface area contributed by atoms with E-state index >= 15 is 0 Å². The predicted octanol–water partition coefficient (Wildman–Crippen LogP) is 2.73. The number of halogens is 1. The van der Waals surface area contributed by atoms with Crippen molar-refractivity contribution in [2.45, 2.75) is 32.2 Å². The molecule has 0 aliphatic heterocycles. The van der Waals surface area contributed by atoms with E-state index < -0.39 is 5.97 Å². The molecule has 0 spiro atoms. The molecule has 1 unspecified atom stereocenters. The maximum Gasteiger partial charge on any atom is 0.305 e. The van der Waals surface area contributed by atoms with Crippen molar-refractivity contribution in [1.82, 2.24) is 20.2 Å². The fraction of sp³-hybridized carbons (Fsp3) is 0.429. The van der Waals surface area contributed by atoms with Crippen LogP contribution in [-0.2, 0) is 4.79 Å². The molecule has 1 saturated carbocycles. The maximum atomic E-state index is 11.1. The Morgan fingerprint density at radius 2 is 2.29 bits per heavy atom. The van der Waals surface area contributed by atoms with Crippen LogP contribution in [0.1, 0.15) is 30.9 Å². The summed E-state index contributed by atoms with van der Waals surface area (Å²) in [7, 11) is 0. The number of aromatic nitrogens is 4. The van der Waals surface area contributed by atoms with Crippen molar-refractivity contribution in [3.63, 3.8) is 0 Å². The molecule has 1 aromatic carbocycles. The Labute approximate surface area is 126 Å². The average molecular weight is 307 g/mol. The number of carboxylic acids is 1. The van der Waals surface area contributed by atoms with Crippen LogP contribution in [0.5, 0.6) is 0 Å². The standard InChI is InChI=1S/C14H15ClN4O2/c1-8-6-10(4-5-11(8)15)14-16-17-18-19(14)12(7-13(20)21)9-2-3-9/h4-6,9,12H,2-3,7H2,1H3,(H,20,21). The van der Waals surface area contributed by atoms with Crippen molar-refractivity contribution in [1.29, 1.82) is 0 Å². The second-order valence-corrected chi connectivity index (χ2v) is 5.82. The van der Waals surface area contributed by atoms with Gasteiger partial charge in [-0.05, 0) is 59.9 Å². The third-order valence-corrected chi connectivity index (χ3v) is 4.20. The quantitative estimate of drug-likeness (QED) is 0.918. The molecule has 6 nitrogen and oxygen atoms in total. The summed E-state index contributed by atoms with van der Waals surface area (Å²) in [5, 5.41) is 21.6. The summed E-state index contributed by atoms with van der Waals surface area (Å²) >= 11 is 6.04. The summed E-state index contributed by atoms with van der Waals surface area (Å²) in [5.41, 5.74) is 1.78. The monoisotopic (exact) mass is 306 g/mol. The highest BCUT2D eigenvalue weighted by Crippen LogP contribution is 2.42. The number of aliphatic carboxylic acids is 1. The summed E-state index contributed by atoms with van der Waals surface area (Å²) in [6.45, 7) is 1.91. The molecular formula is C14H15ClN4O2. The molecule has 1 N–H and O–H groups in total. The highest BCUT2D eigenvalue weighted by Gasteiger charge is 2.36. The van der Waals surface area contributed by atoms with Crippen molar-refractivity contribution in [3.05, 3.63) is 28.8 Å². The van der Waals surface area contributed by atoms with Gasteiger partial charge in [0.25, 0.3) is 0 Å². The van der Waals surface area contributed by atoms with Gasteiger partial charge in [0, 0.05) is 10.6 Å². The van der Waals surface area contributed by atoms with Gasteiger partial charge in [0.15, 0.2) is 5.82 Å². The van der Waals surface area contributed by atoms with Gasteiger partial charge in [-0.1, -0.05) is 11.6 Å². The van der Waals surface area contributed by atoms with Gasteiger partial charge < -0.3 is 5.11 Å². The first-order chi connectivity index (χ1) is 10.1. The predicted molar refractivity (Wildman–Crippen MR) is 77.0 cm³/mol. The second kappa shape index (κ2) is 5.44. The van der Waals surface area contributed by atoms with E-state index in [-0.39, 0.29) is 12.5 Å². The van der Waals surface area contributed by atoms with Gasteiger partial charge in [0.2, 0.25) is 0 Å². The van der Waals surface area contributed by atoms with Crippen molar-refractivity contribution >= 4 is 17.6 Å². The molecule has 2 aromatic rings. The van der Waals surface area contributed by atoms with Crippen LogP contribution in [0, 0.1) is 12.8 Å². The van der Waals surface area contributed by atoms with E-state index in [1.165, 1.54) is 0 Å². The lowest BCUT2D eigenvalue weighted by molar-refractivity contribution is -0.138. The lowest BCUT2D eigenvalue weighted by atomic mass is 10.1. The van der Waals surface area contributed by atoms with Crippen LogP contribution in [0.15, 0.2) is 18.2 Å². The molecule has 1 heterocycles. The summed E-state index contributed by atoms with van der Waals surface area (Å²) in [4.78, 5) is 11.1. The Balaban J connectivity index is 1.98. The van der Waals surface area contributed by atoms with E-state index in [1.807, 2.05) is 19.1 Å². The first kappa shape index (κ1) is 14.0. The van der Waals surface area contributed by atoms with E-state index in [1.54, 1.807) is 10.7 Å². The molecule has 1 aromatic heterocycles. The third kappa shape index (κ3) is 2.90.